The Balaban J connectivity index is 2.20. The summed E-state index contributed by atoms with van der Waals surface area (Å²) in [6.45, 7) is 0. The minimum atomic E-state index is -4.40. The number of carbonyl (C=O) groups is 1. The lowest BCUT2D eigenvalue weighted by molar-refractivity contribution is -0.0328. The molecule has 0 fully saturated rings. The van der Waals surface area contributed by atoms with Gasteiger partial charge in [-0.1, -0.05) is 30.3 Å². The second-order valence-electron chi connectivity index (χ2n) is 3.86. The summed E-state index contributed by atoms with van der Waals surface area (Å²) in [5.41, 5.74) is -3.86. The topological polar surface area (TPSA) is 29.1 Å². The molecule has 0 aliphatic carbocycles. The van der Waals surface area contributed by atoms with Gasteiger partial charge < -0.3 is 5.32 Å². The van der Waals surface area contributed by atoms with Crippen molar-refractivity contribution < 1.29 is 18.0 Å². The van der Waals surface area contributed by atoms with Crippen LogP contribution in [0.5, 0.6) is 0 Å². The highest BCUT2D eigenvalue weighted by Gasteiger charge is 2.30. The molecule has 2 aromatic carbocycles. The fourth-order valence-electron chi connectivity index (χ4n) is 1.57. The van der Waals surface area contributed by atoms with E-state index in [2.05, 4.69) is 5.32 Å². The number of hydrogen-bond acceptors (Lipinski definition) is 2. The molecule has 0 unspecified atom stereocenters. The lowest BCUT2D eigenvalue weighted by atomic mass is 10.2. The van der Waals surface area contributed by atoms with Crippen LogP contribution in [-0.4, -0.2) is 11.4 Å². The van der Waals surface area contributed by atoms with Crippen LogP contribution >= 0.6 is 11.8 Å². The van der Waals surface area contributed by atoms with Gasteiger partial charge in [-0.3, -0.25) is 4.79 Å². The van der Waals surface area contributed by atoms with Gasteiger partial charge in [-0.2, -0.15) is 13.2 Å². The predicted octanol–water partition coefficient (Wildman–Crippen LogP) is 4.55. The molecule has 0 aromatic heterocycles. The average molecular weight is 297 g/mol. The molecule has 1 N–H and O–H groups in total. The summed E-state index contributed by atoms with van der Waals surface area (Å²) >= 11 is -0.250. The van der Waals surface area contributed by atoms with E-state index in [0.29, 0.717) is 5.56 Å². The van der Waals surface area contributed by atoms with Crippen molar-refractivity contribution in [3.05, 3.63) is 60.2 Å². The van der Waals surface area contributed by atoms with Crippen molar-refractivity contribution in [3.63, 3.8) is 0 Å². The van der Waals surface area contributed by atoms with Gasteiger partial charge in [0.2, 0.25) is 0 Å². The zero-order chi connectivity index (χ0) is 14.6. The Hall–Kier alpha value is -1.95. The molecule has 0 heterocycles. The van der Waals surface area contributed by atoms with Gasteiger partial charge >= 0.3 is 5.51 Å². The van der Waals surface area contributed by atoms with Crippen molar-refractivity contribution in [2.24, 2.45) is 0 Å². The molecule has 0 bridgehead atoms. The van der Waals surface area contributed by atoms with Crippen molar-refractivity contribution >= 4 is 23.4 Å². The number of para-hydroxylation sites is 1. The Labute approximate surface area is 118 Å². The van der Waals surface area contributed by atoms with E-state index in [0.717, 1.165) is 0 Å². The zero-order valence-electron chi connectivity index (χ0n) is 10.1. The van der Waals surface area contributed by atoms with Gasteiger partial charge in [0.15, 0.2) is 0 Å². The SMILES string of the molecule is O=C(Nc1ccccc1SC(F)(F)F)c1ccccc1. The van der Waals surface area contributed by atoms with Crippen LogP contribution < -0.4 is 5.32 Å². The maximum absolute atomic E-state index is 12.4. The number of hydrogen-bond donors (Lipinski definition) is 1. The largest absolute Gasteiger partial charge is 0.446 e. The first-order chi connectivity index (χ1) is 9.46. The van der Waals surface area contributed by atoms with E-state index in [1.165, 1.54) is 18.2 Å². The molecule has 2 rings (SSSR count). The van der Waals surface area contributed by atoms with Crippen LogP contribution in [0.4, 0.5) is 18.9 Å². The molecule has 2 aromatic rings. The summed E-state index contributed by atoms with van der Waals surface area (Å²) in [5, 5.41) is 2.49. The predicted molar refractivity (Wildman–Crippen MR) is 72.7 cm³/mol. The zero-order valence-corrected chi connectivity index (χ0v) is 11.0. The molecule has 104 valence electrons. The molecule has 20 heavy (non-hydrogen) atoms. The molecule has 0 saturated heterocycles. The molecule has 6 heteroatoms. The van der Waals surface area contributed by atoms with Gasteiger partial charge in [-0.15, -0.1) is 0 Å². The Morgan fingerprint density at radius 3 is 2.20 bits per heavy atom. The van der Waals surface area contributed by atoms with Crippen molar-refractivity contribution in [3.8, 4) is 0 Å². The third-order valence-electron chi connectivity index (χ3n) is 2.40. The van der Waals surface area contributed by atoms with Gasteiger partial charge in [0.25, 0.3) is 5.91 Å². The van der Waals surface area contributed by atoms with Crippen LogP contribution in [0, 0.1) is 0 Å². The molecule has 0 atom stereocenters. The van der Waals surface area contributed by atoms with Crippen LogP contribution in [0.15, 0.2) is 59.5 Å². The number of rotatable bonds is 3. The molecule has 0 aliphatic rings. The standard InChI is InChI=1S/C14H10F3NOS/c15-14(16,17)20-12-9-5-4-8-11(12)18-13(19)10-6-2-1-3-7-10/h1-9H,(H,18,19). The maximum Gasteiger partial charge on any atom is 0.446 e. The first-order valence-corrected chi connectivity index (χ1v) is 6.48. The van der Waals surface area contributed by atoms with Crippen molar-refractivity contribution in [1.29, 1.82) is 0 Å². The minimum Gasteiger partial charge on any atom is -0.321 e. The summed E-state index contributed by atoms with van der Waals surface area (Å²) in [5.74, 6) is -0.444. The second-order valence-corrected chi connectivity index (χ2v) is 4.97. The summed E-state index contributed by atoms with van der Waals surface area (Å²) in [4.78, 5) is 11.9. The fraction of sp³-hybridized carbons (Fsp3) is 0.0714. The molecular formula is C14H10F3NOS. The summed E-state index contributed by atoms with van der Waals surface area (Å²) in [6.07, 6.45) is 0. The molecule has 0 radical (unpaired) electrons. The number of benzene rings is 2. The molecule has 0 saturated carbocycles. The summed E-state index contributed by atoms with van der Waals surface area (Å²) in [7, 11) is 0. The molecule has 2 nitrogen and oxygen atoms in total. The number of thioether (sulfide) groups is 1. The second kappa shape index (κ2) is 6.00. The Morgan fingerprint density at radius 1 is 0.950 bits per heavy atom. The molecular weight excluding hydrogens is 287 g/mol. The van der Waals surface area contributed by atoms with Crippen LogP contribution in [-0.2, 0) is 0 Å². The van der Waals surface area contributed by atoms with Crippen molar-refractivity contribution in [2.45, 2.75) is 10.4 Å². The highest BCUT2D eigenvalue weighted by atomic mass is 32.2. The van der Waals surface area contributed by atoms with E-state index < -0.39 is 11.4 Å². The first kappa shape index (κ1) is 14.5. The number of halogens is 3. The van der Waals surface area contributed by atoms with E-state index in [-0.39, 0.29) is 22.3 Å². The minimum absolute atomic E-state index is 0.0377. The quantitative estimate of drug-likeness (QED) is 0.842. The number of nitrogens with one attached hydrogen (secondary N) is 1. The summed E-state index contributed by atoms with van der Waals surface area (Å²) < 4.78 is 37.3. The van der Waals surface area contributed by atoms with E-state index in [1.807, 2.05) is 0 Å². The lowest BCUT2D eigenvalue weighted by Gasteiger charge is -2.12. The highest BCUT2D eigenvalue weighted by molar-refractivity contribution is 8.00. The van der Waals surface area contributed by atoms with Gasteiger partial charge in [-0.05, 0) is 36.0 Å². The van der Waals surface area contributed by atoms with Crippen molar-refractivity contribution in [2.75, 3.05) is 5.32 Å². The smallest absolute Gasteiger partial charge is 0.321 e. The van der Waals surface area contributed by atoms with Crippen LogP contribution in [0.1, 0.15) is 10.4 Å². The van der Waals surface area contributed by atoms with Crippen LogP contribution in [0.2, 0.25) is 0 Å². The first-order valence-electron chi connectivity index (χ1n) is 5.67. The third kappa shape index (κ3) is 4.03. The summed E-state index contributed by atoms with van der Waals surface area (Å²) in [6, 6.07) is 14.1. The Bertz CT molecular complexity index is 599. The highest BCUT2D eigenvalue weighted by Crippen LogP contribution is 2.40. The van der Waals surface area contributed by atoms with E-state index in [4.69, 9.17) is 0 Å². The van der Waals surface area contributed by atoms with E-state index >= 15 is 0 Å². The monoisotopic (exact) mass is 297 g/mol. The van der Waals surface area contributed by atoms with Crippen LogP contribution in [0.3, 0.4) is 0 Å². The number of carbonyl (C=O) groups excluding carboxylic acids is 1. The molecule has 0 aliphatic heterocycles. The molecule has 0 spiro atoms. The third-order valence-corrected chi connectivity index (χ3v) is 3.20. The number of amides is 1. The molecule has 1 amide bonds. The lowest BCUT2D eigenvalue weighted by Crippen LogP contribution is -2.13. The normalized spacial score (nSPS) is 11.2. The van der Waals surface area contributed by atoms with Gasteiger partial charge in [0.05, 0.1) is 5.69 Å². The van der Waals surface area contributed by atoms with Crippen molar-refractivity contribution in [1.82, 2.24) is 0 Å². The van der Waals surface area contributed by atoms with Gasteiger partial charge in [0, 0.05) is 10.5 Å². The fourth-order valence-corrected chi connectivity index (χ4v) is 2.19. The van der Waals surface area contributed by atoms with Gasteiger partial charge in [-0.25, -0.2) is 0 Å². The van der Waals surface area contributed by atoms with Gasteiger partial charge in [0.1, 0.15) is 0 Å². The number of anilines is 1. The maximum atomic E-state index is 12.4. The van der Waals surface area contributed by atoms with E-state index in [1.54, 1.807) is 36.4 Å². The Morgan fingerprint density at radius 2 is 1.55 bits per heavy atom. The van der Waals surface area contributed by atoms with Crippen LogP contribution in [0.25, 0.3) is 0 Å². The average Bonchev–Trinajstić information content (AvgIpc) is 2.40. The number of alkyl halides is 3. The van der Waals surface area contributed by atoms with E-state index in [9.17, 15) is 18.0 Å². The Kier molecular flexibility index (Phi) is 4.34.